The van der Waals surface area contributed by atoms with Gasteiger partial charge in [0.2, 0.25) is 16.6 Å². The Hall–Kier alpha value is -3.17. The summed E-state index contributed by atoms with van der Waals surface area (Å²) in [6.45, 7) is 5.52. The van der Waals surface area contributed by atoms with Gasteiger partial charge in [-0.25, -0.2) is 8.42 Å². The molecule has 1 aliphatic carbocycles. The minimum Gasteiger partial charge on any atom is -0.454 e. The second-order valence-electron chi connectivity index (χ2n) is 9.73. The highest BCUT2D eigenvalue weighted by atomic mass is 32.2. The lowest BCUT2D eigenvalue weighted by Gasteiger charge is -2.21. The molecule has 3 heterocycles. The fraction of sp³-hybridized carbons (Fsp3) is 0.385. The molecule has 0 spiro atoms. The highest BCUT2D eigenvalue weighted by Crippen LogP contribution is 2.41. The van der Waals surface area contributed by atoms with Gasteiger partial charge in [-0.15, -0.1) is 10.2 Å². The summed E-state index contributed by atoms with van der Waals surface area (Å²) in [6.07, 6.45) is 2.15. The second kappa shape index (κ2) is 8.80. The molecule has 0 unspecified atom stereocenters. The predicted octanol–water partition coefficient (Wildman–Crippen LogP) is 3.67. The van der Waals surface area contributed by atoms with Crippen LogP contribution >= 0.6 is 0 Å². The third-order valence-corrected chi connectivity index (χ3v) is 9.03. The molecular formula is C26H28N4O4S. The summed E-state index contributed by atoms with van der Waals surface area (Å²) < 4.78 is 36.5. The van der Waals surface area contributed by atoms with Gasteiger partial charge in [-0.05, 0) is 79.1 Å². The van der Waals surface area contributed by atoms with Gasteiger partial charge < -0.3 is 14.8 Å². The Morgan fingerprint density at radius 1 is 0.971 bits per heavy atom. The average Bonchev–Trinajstić information content (AvgIpc) is 3.55. The van der Waals surface area contributed by atoms with Gasteiger partial charge in [-0.2, -0.15) is 0 Å². The van der Waals surface area contributed by atoms with E-state index in [0.717, 1.165) is 44.0 Å². The Bertz CT molecular complexity index is 1320. The SMILES string of the molecule is Cc1cc2c(cc1CN1C[C@H]3C[C@H](Nc4ccc(S(=O)(=O)c5ccccc5)nn4)C[C@H]3C1)OCO2. The van der Waals surface area contributed by atoms with Crippen molar-refractivity contribution in [3.63, 3.8) is 0 Å². The van der Waals surface area contributed by atoms with Crippen LogP contribution in [0.25, 0.3) is 0 Å². The van der Waals surface area contributed by atoms with E-state index < -0.39 is 9.84 Å². The van der Waals surface area contributed by atoms with Gasteiger partial charge in [0, 0.05) is 25.7 Å². The van der Waals surface area contributed by atoms with Crippen molar-refractivity contribution in [3.8, 4) is 11.5 Å². The molecule has 35 heavy (non-hydrogen) atoms. The van der Waals surface area contributed by atoms with Gasteiger partial charge in [0.1, 0.15) is 5.82 Å². The van der Waals surface area contributed by atoms with Crippen molar-refractivity contribution in [2.45, 2.75) is 42.3 Å². The van der Waals surface area contributed by atoms with Gasteiger partial charge in [0.05, 0.1) is 4.90 Å². The molecule has 9 heteroatoms. The van der Waals surface area contributed by atoms with Gasteiger partial charge in [-0.1, -0.05) is 18.2 Å². The number of sulfone groups is 1. The predicted molar refractivity (Wildman–Crippen MR) is 130 cm³/mol. The molecule has 8 nitrogen and oxygen atoms in total. The number of aromatic nitrogens is 2. The van der Waals surface area contributed by atoms with E-state index in [2.05, 4.69) is 39.5 Å². The summed E-state index contributed by atoms with van der Waals surface area (Å²) in [5, 5.41) is 11.6. The van der Waals surface area contributed by atoms with Crippen LogP contribution in [-0.2, 0) is 16.4 Å². The van der Waals surface area contributed by atoms with E-state index >= 15 is 0 Å². The number of hydrogen-bond donors (Lipinski definition) is 1. The van der Waals surface area contributed by atoms with Gasteiger partial charge >= 0.3 is 0 Å². The molecule has 1 saturated carbocycles. The summed E-state index contributed by atoms with van der Waals surface area (Å²) in [6, 6.07) is 16.1. The highest BCUT2D eigenvalue weighted by Gasteiger charge is 2.41. The molecule has 1 saturated heterocycles. The van der Waals surface area contributed by atoms with E-state index in [4.69, 9.17) is 9.47 Å². The first kappa shape index (κ1) is 22.3. The number of ether oxygens (including phenoxy) is 2. The van der Waals surface area contributed by atoms with Crippen molar-refractivity contribution in [2.75, 3.05) is 25.2 Å². The fourth-order valence-electron chi connectivity index (χ4n) is 5.61. The number of fused-ring (bicyclic) bond motifs is 2. The molecular weight excluding hydrogens is 464 g/mol. The Morgan fingerprint density at radius 3 is 2.37 bits per heavy atom. The normalized spacial score (nSPS) is 23.4. The molecule has 3 aliphatic rings. The topological polar surface area (TPSA) is 93.7 Å². The van der Waals surface area contributed by atoms with Crippen LogP contribution in [0.5, 0.6) is 11.5 Å². The highest BCUT2D eigenvalue weighted by molar-refractivity contribution is 7.91. The maximum atomic E-state index is 12.7. The molecule has 1 N–H and O–H groups in total. The maximum absolute atomic E-state index is 12.7. The lowest BCUT2D eigenvalue weighted by atomic mass is 10.0. The van der Waals surface area contributed by atoms with Gasteiger partial charge in [0.15, 0.2) is 16.5 Å². The van der Waals surface area contributed by atoms with E-state index in [-0.39, 0.29) is 9.92 Å². The number of hydrogen-bond acceptors (Lipinski definition) is 8. The zero-order valence-corrected chi connectivity index (χ0v) is 20.4. The van der Waals surface area contributed by atoms with E-state index in [1.54, 1.807) is 36.4 Å². The van der Waals surface area contributed by atoms with Gasteiger partial charge in [-0.3, -0.25) is 4.90 Å². The van der Waals surface area contributed by atoms with Crippen molar-refractivity contribution in [3.05, 3.63) is 65.7 Å². The largest absolute Gasteiger partial charge is 0.454 e. The van der Waals surface area contributed by atoms with Gasteiger partial charge in [0.25, 0.3) is 0 Å². The fourth-order valence-corrected chi connectivity index (χ4v) is 6.76. The van der Waals surface area contributed by atoms with Crippen LogP contribution < -0.4 is 14.8 Å². The summed E-state index contributed by atoms with van der Waals surface area (Å²) in [5.74, 6) is 3.60. The standard InChI is InChI=1S/C26H28N4O4S/c1-17-9-23-24(34-16-33-23)12-18(17)13-30-14-19-10-21(11-20(19)15-30)27-25-7-8-26(29-28-25)35(31,32)22-5-3-2-4-6-22/h2-9,12,19-21H,10-11,13-16H2,1H3,(H,27,28)/t19-,20+,21+. The molecule has 2 aromatic carbocycles. The van der Waals surface area contributed by atoms with Crippen LogP contribution in [0.4, 0.5) is 5.82 Å². The minimum atomic E-state index is -3.66. The van der Waals surface area contributed by atoms with E-state index in [1.165, 1.54) is 17.2 Å². The third kappa shape index (κ3) is 4.34. The summed E-state index contributed by atoms with van der Waals surface area (Å²) in [7, 11) is -3.66. The minimum absolute atomic E-state index is 0.0352. The first-order valence-corrected chi connectivity index (χ1v) is 13.5. The number of anilines is 1. The van der Waals surface area contributed by atoms with Crippen LogP contribution in [0, 0.1) is 18.8 Å². The number of aryl methyl sites for hydroxylation is 1. The Morgan fingerprint density at radius 2 is 1.69 bits per heavy atom. The van der Waals surface area contributed by atoms with E-state index in [0.29, 0.717) is 30.5 Å². The molecule has 3 aromatic rings. The Labute approximate surface area is 205 Å². The molecule has 1 aromatic heterocycles. The van der Waals surface area contributed by atoms with Crippen molar-refractivity contribution >= 4 is 15.7 Å². The smallest absolute Gasteiger partial charge is 0.231 e. The number of benzene rings is 2. The van der Waals surface area contributed by atoms with Crippen molar-refractivity contribution in [1.29, 1.82) is 0 Å². The molecule has 182 valence electrons. The van der Waals surface area contributed by atoms with Crippen LogP contribution in [0.15, 0.2) is 64.5 Å². The first-order chi connectivity index (χ1) is 17.0. The lowest BCUT2D eigenvalue weighted by molar-refractivity contribution is 0.174. The van der Waals surface area contributed by atoms with Crippen LogP contribution in [0.1, 0.15) is 24.0 Å². The lowest BCUT2D eigenvalue weighted by Crippen LogP contribution is -2.25. The maximum Gasteiger partial charge on any atom is 0.231 e. The van der Waals surface area contributed by atoms with Crippen molar-refractivity contribution < 1.29 is 17.9 Å². The molecule has 0 radical (unpaired) electrons. The molecule has 0 amide bonds. The Balaban J connectivity index is 1.05. The van der Waals surface area contributed by atoms with Crippen molar-refractivity contribution in [2.24, 2.45) is 11.8 Å². The number of likely N-dealkylation sites (tertiary alicyclic amines) is 1. The van der Waals surface area contributed by atoms with Crippen LogP contribution in [-0.4, -0.2) is 49.4 Å². The Kier molecular flexibility index (Phi) is 5.61. The first-order valence-electron chi connectivity index (χ1n) is 12.0. The monoisotopic (exact) mass is 492 g/mol. The molecule has 6 rings (SSSR count). The number of nitrogens with zero attached hydrogens (tertiary/aromatic N) is 3. The number of nitrogens with one attached hydrogen (secondary N) is 1. The van der Waals surface area contributed by atoms with Crippen molar-refractivity contribution in [1.82, 2.24) is 15.1 Å². The third-order valence-electron chi connectivity index (χ3n) is 7.37. The average molecular weight is 493 g/mol. The summed E-state index contributed by atoms with van der Waals surface area (Å²) >= 11 is 0. The second-order valence-corrected chi connectivity index (χ2v) is 11.6. The van der Waals surface area contributed by atoms with E-state index in [1.807, 2.05) is 0 Å². The van der Waals surface area contributed by atoms with Crippen LogP contribution in [0.3, 0.4) is 0 Å². The number of rotatable bonds is 6. The molecule has 3 atom stereocenters. The van der Waals surface area contributed by atoms with Crippen LogP contribution in [0.2, 0.25) is 0 Å². The molecule has 2 fully saturated rings. The summed E-state index contributed by atoms with van der Waals surface area (Å²) in [5.41, 5.74) is 2.53. The molecule has 2 aliphatic heterocycles. The zero-order chi connectivity index (χ0) is 24.0. The zero-order valence-electron chi connectivity index (χ0n) is 19.6. The molecule has 0 bridgehead atoms. The summed E-state index contributed by atoms with van der Waals surface area (Å²) in [4.78, 5) is 2.76. The quantitative estimate of drug-likeness (QED) is 0.557. The van der Waals surface area contributed by atoms with E-state index in [9.17, 15) is 8.42 Å².